The Hall–Kier alpha value is -1.66. The van der Waals surface area contributed by atoms with Crippen molar-refractivity contribution < 1.29 is 19.1 Å². The molecule has 6 heteroatoms. The van der Waals surface area contributed by atoms with Gasteiger partial charge in [0.25, 0.3) is 0 Å². The molecule has 130 valence electrons. The SMILES string of the molecule is CC(=O)c1ccc(C2=CC3COCC(C2)N3C(=O)OC(C)(C)C)s1. The van der Waals surface area contributed by atoms with Crippen LogP contribution >= 0.6 is 11.3 Å². The Morgan fingerprint density at radius 3 is 2.62 bits per heavy atom. The second kappa shape index (κ2) is 6.33. The molecule has 2 atom stereocenters. The molecule has 2 aliphatic heterocycles. The van der Waals surface area contributed by atoms with Gasteiger partial charge >= 0.3 is 6.09 Å². The van der Waals surface area contributed by atoms with E-state index < -0.39 is 5.60 Å². The fraction of sp³-hybridized carbons (Fsp3) is 0.556. The van der Waals surface area contributed by atoms with Crippen LogP contribution in [0.25, 0.3) is 5.57 Å². The molecule has 2 bridgehead atoms. The molecule has 0 aliphatic carbocycles. The molecule has 3 rings (SSSR count). The summed E-state index contributed by atoms with van der Waals surface area (Å²) in [5.74, 6) is 0.0848. The number of Topliss-reactive ketones (excluding diaryl/α,β-unsaturated/α-hetero) is 1. The lowest BCUT2D eigenvalue weighted by Gasteiger charge is -2.44. The second-order valence-corrected chi connectivity index (χ2v) is 8.35. The number of thiophene rings is 1. The standard InChI is InChI=1S/C18H23NO4S/c1-11(20)15-5-6-16(24-15)12-7-13-9-22-10-14(8-12)19(13)17(21)23-18(2,3)4/h5-7,13-14H,8-10H2,1-4H3. The van der Waals surface area contributed by atoms with Crippen LogP contribution in [0.4, 0.5) is 4.79 Å². The Morgan fingerprint density at radius 2 is 2.04 bits per heavy atom. The molecule has 0 spiro atoms. The van der Waals surface area contributed by atoms with Gasteiger partial charge < -0.3 is 9.47 Å². The van der Waals surface area contributed by atoms with Crippen LogP contribution in [0.3, 0.4) is 0 Å². The van der Waals surface area contributed by atoms with Gasteiger partial charge in [-0.1, -0.05) is 6.08 Å². The lowest BCUT2D eigenvalue weighted by molar-refractivity contribution is -0.0510. The molecule has 24 heavy (non-hydrogen) atoms. The van der Waals surface area contributed by atoms with Gasteiger partial charge in [-0.05, 0) is 51.8 Å². The summed E-state index contributed by atoms with van der Waals surface area (Å²) >= 11 is 1.51. The van der Waals surface area contributed by atoms with Crippen LogP contribution in [-0.2, 0) is 9.47 Å². The minimum Gasteiger partial charge on any atom is -0.444 e. The van der Waals surface area contributed by atoms with Crippen LogP contribution < -0.4 is 0 Å². The van der Waals surface area contributed by atoms with Crippen LogP contribution in [-0.4, -0.2) is 47.7 Å². The number of hydrogen-bond acceptors (Lipinski definition) is 5. The van der Waals surface area contributed by atoms with Gasteiger partial charge in [0.15, 0.2) is 5.78 Å². The summed E-state index contributed by atoms with van der Waals surface area (Å²) in [6, 6.07) is 3.72. The van der Waals surface area contributed by atoms with Crippen molar-refractivity contribution in [3.05, 3.63) is 28.0 Å². The first-order valence-corrected chi connectivity index (χ1v) is 8.97. The van der Waals surface area contributed by atoms with Crippen molar-refractivity contribution in [3.8, 4) is 0 Å². The third kappa shape index (κ3) is 3.54. The summed E-state index contributed by atoms with van der Waals surface area (Å²) in [5.41, 5.74) is 0.672. The molecule has 5 nitrogen and oxygen atoms in total. The van der Waals surface area contributed by atoms with E-state index in [0.717, 1.165) is 9.75 Å². The zero-order valence-electron chi connectivity index (χ0n) is 14.5. The van der Waals surface area contributed by atoms with Gasteiger partial charge in [0.1, 0.15) is 5.60 Å². The molecule has 3 heterocycles. The van der Waals surface area contributed by atoms with E-state index >= 15 is 0 Å². The van der Waals surface area contributed by atoms with Crippen molar-refractivity contribution in [2.45, 2.75) is 51.8 Å². The Morgan fingerprint density at radius 1 is 1.29 bits per heavy atom. The summed E-state index contributed by atoms with van der Waals surface area (Å²) in [4.78, 5) is 27.7. The van der Waals surface area contributed by atoms with Gasteiger partial charge in [0, 0.05) is 4.88 Å². The lowest BCUT2D eigenvalue weighted by atomic mass is 9.93. The summed E-state index contributed by atoms with van der Waals surface area (Å²) < 4.78 is 11.2. The van der Waals surface area contributed by atoms with E-state index in [1.807, 2.05) is 32.9 Å². The zero-order chi connectivity index (χ0) is 17.5. The maximum atomic E-state index is 12.5. The van der Waals surface area contributed by atoms with Crippen LogP contribution in [0.2, 0.25) is 0 Å². The van der Waals surface area contributed by atoms with E-state index in [-0.39, 0.29) is 24.0 Å². The van der Waals surface area contributed by atoms with Crippen molar-refractivity contribution in [2.75, 3.05) is 13.2 Å². The number of amides is 1. The molecular formula is C18H23NO4S. The molecular weight excluding hydrogens is 326 g/mol. The lowest BCUT2D eigenvalue weighted by Crippen LogP contribution is -2.57. The first kappa shape index (κ1) is 17.2. The number of hydrogen-bond donors (Lipinski definition) is 0. The first-order chi connectivity index (χ1) is 11.2. The number of ketones is 1. The highest BCUT2D eigenvalue weighted by Gasteiger charge is 2.40. The van der Waals surface area contributed by atoms with Crippen molar-refractivity contribution in [1.29, 1.82) is 0 Å². The van der Waals surface area contributed by atoms with Gasteiger partial charge in [-0.3, -0.25) is 9.69 Å². The summed E-state index contributed by atoms with van der Waals surface area (Å²) in [6.07, 6.45) is 2.51. The maximum Gasteiger partial charge on any atom is 0.411 e. The van der Waals surface area contributed by atoms with Gasteiger partial charge in [0.2, 0.25) is 0 Å². The monoisotopic (exact) mass is 349 g/mol. The number of fused-ring (bicyclic) bond motifs is 2. The van der Waals surface area contributed by atoms with Gasteiger partial charge in [-0.25, -0.2) is 4.79 Å². The van der Waals surface area contributed by atoms with Crippen LogP contribution in [0.15, 0.2) is 18.2 Å². The van der Waals surface area contributed by atoms with Crippen molar-refractivity contribution >= 4 is 28.8 Å². The summed E-state index contributed by atoms with van der Waals surface area (Å²) in [7, 11) is 0. The average Bonchev–Trinajstić information content (AvgIpc) is 2.93. The highest BCUT2D eigenvalue weighted by atomic mass is 32.1. The van der Waals surface area contributed by atoms with E-state index in [1.54, 1.807) is 11.8 Å². The van der Waals surface area contributed by atoms with E-state index in [0.29, 0.717) is 19.6 Å². The van der Waals surface area contributed by atoms with E-state index in [2.05, 4.69) is 6.08 Å². The minimum absolute atomic E-state index is 0.0264. The van der Waals surface area contributed by atoms with Gasteiger partial charge in [-0.2, -0.15) is 0 Å². The number of nitrogens with zero attached hydrogens (tertiary/aromatic N) is 1. The second-order valence-electron chi connectivity index (χ2n) is 7.26. The summed E-state index contributed by atoms with van der Waals surface area (Å²) in [5, 5.41) is 0. The predicted octanol–water partition coefficient (Wildman–Crippen LogP) is 3.74. The number of rotatable bonds is 2. The number of carbonyl (C=O) groups is 2. The number of ether oxygens (including phenoxy) is 2. The topological polar surface area (TPSA) is 55.8 Å². The quantitative estimate of drug-likeness (QED) is 0.763. The molecule has 0 aromatic carbocycles. The van der Waals surface area contributed by atoms with Gasteiger partial charge in [0.05, 0.1) is 30.2 Å². The smallest absolute Gasteiger partial charge is 0.411 e. The average molecular weight is 349 g/mol. The maximum absolute atomic E-state index is 12.5. The molecule has 0 radical (unpaired) electrons. The third-order valence-corrected chi connectivity index (χ3v) is 5.33. The Labute approximate surface area is 146 Å². The molecule has 0 N–H and O–H groups in total. The highest BCUT2D eigenvalue weighted by molar-refractivity contribution is 7.15. The molecule has 1 fully saturated rings. The Bertz CT molecular complexity index is 685. The minimum atomic E-state index is -0.514. The van der Waals surface area contributed by atoms with E-state index in [4.69, 9.17) is 9.47 Å². The van der Waals surface area contributed by atoms with Crippen molar-refractivity contribution in [1.82, 2.24) is 4.90 Å². The third-order valence-electron chi connectivity index (χ3n) is 4.07. The molecule has 1 saturated heterocycles. The predicted molar refractivity (Wildman–Crippen MR) is 93.4 cm³/mol. The number of carbonyl (C=O) groups excluding carboxylic acids is 2. The van der Waals surface area contributed by atoms with E-state index in [1.165, 1.54) is 16.9 Å². The van der Waals surface area contributed by atoms with Gasteiger partial charge in [-0.15, -0.1) is 11.3 Å². The molecule has 0 saturated carbocycles. The fourth-order valence-electron chi connectivity index (χ4n) is 3.08. The first-order valence-electron chi connectivity index (χ1n) is 8.15. The normalized spacial score (nSPS) is 23.7. The molecule has 1 aromatic heterocycles. The Balaban J connectivity index is 1.84. The molecule has 2 unspecified atom stereocenters. The largest absolute Gasteiger partial charge is 0.444 e. The van der Waals surface area contributed by atoms with E-state index in [9.17, 15) is 9.59 Å². The van der Waals surface area contributed by atoms with Crippen LogP contribution in [0.5, 0.6) is 0 Å². The van der Waals surface area contributed by atoms with Crippen LogP contribution in [0, 0.1) is 0 Å². The van der Waals surface area contributed by atoms with Crippen molar-refractivity contribution in [2.24, 2.45) is 0 Å². The van der Waals surface area contributed by atoms with Crippen LogP contribution in [0.1, 0.15) is 48.7 Å². The molecule has 2 aliphatic rings. The summed E-state index contributed by atoms with van der Waals surface area (Å²) in [6.45, 7) is 8.19. The Kier molecular flexibility index (Phi) is 4.53. The fourth-order valence-corrected chi connectivity index (χ4v) is 4.01. The zero-order valence-corrected chi connectivity index (χ0v) is 15.3. The number of morpholine rings is 1. The highest BCUT2D eigenvalue weighted by Crippen LogP contribution is 2.36. The van der Waals surface area contributed by atoms with Crippen molar-refractivity contribution in [3.63, 3.8) is 0 Å². The molecule has 1 amide bonds. The molecule has 1 aromatic rings.